The predicted molar refractivity (Wildman–Crippen MR) is 63.7 cm³/mol. The number of nitrogens with zero attached hydrogens (tertiary/aromatic N) is 2. The van der Waals surface area contributed by atoms with Gasteiger partial charge in [0.05, 0.1) is 5.92 Å². The fourth-order valence-corrected chi connectivity index (χ4v) is 2.04. The molecular weight excluding hydrogens is 252 g/mol. The van der Waals surface area contributed by atoms with Gasteiger partial charge in [0.25, 0.3) is 11.8 Å². The molecule has 1 fully saturated rings. The fourth-order valence-electron chi connectivity index (χ4n) is 2.04. The molecule has 0 aliphatic carbocycles. The number of aryl methyl sites for hydroxylation is 1. The molecule has 7 heteroatoms. The van der Waals surface area contributed by atoms with Gasteiger partial charge in [0, 0.05) is 19.2 Å². The van der Waals surface area contributed by atoms with Crippen LogP contribution in [0.1, 0.15) is 18.6 Å². The molecule has 1 aliphatic heterocycles. The third-order valence-corrected chi connectivity index (χ3v) is 3.07. The van der Waals surface area contributed by atoms with E-state index >= 15 is 0 Å². The predicted octanol–water partition coefficient (Wildman–Crippen LogP) is 0.685. The molecule has 0 bridgehead atoms. The molecule has 0 aromatic carbocycles. The van der Waals surface area contributed by atoms with E-state index in [1.807, 2.05) is 0 Å². The topological polar surface area (TPSA) is 92.9 Å². The SMILES string of the molecule is Cc1cc(OCC(=O)N2CCC[C@H](C(=O)O)C2)no1. The molecule has 0 spiro atoms. The van der Waals surface area contributed by atoms with Crippen LogP contribution in [0.15, 0.2) is 10.6 Å². The minimum Gasteiger partial charge on any atom is -0.481 e. The van der Waals surface area contributed by atoms with Gasteiger partial charge in [-0.25, -0.2) is 0 Å². The van der Waals surface area contributed by atoms with Crippen molar-refractivity contribution in [1.29, 1.82) is 0 Å². The Morgan fingerprint density at radius 1 is 1.63 bits per heavy atom. The minimum absolute atomic E-state index is 0.154. The number of ether oxygens (including phenoxy) is 1. The van der Waals surface area contributed by atoms with Crippen molar-refractivity contribution in [1.82, 2.24) is 10.1 Å². The number of aromatic nitrogens is 1. The molecule has 19 heavy (non-hydrogen) atoms. The summed E-state index contributed by atoms with van der Waals surface area (Å²) in [5.41, 5.74) is 0. The number of carboxylic acids is 1. The Hall–Kier alpha value is -2.05. The summed E-state index contributed by atoms with van der Waals surface area (Å²) in [5, 5.41) is 12.6. The number of aliphatic carboxylic acids is 1. The van der Waals surface area contributed by atoms with E-state index in [0.717, 1.165) is 0 Å². The van der Waals surface area contributed by atoms with Crippen molar-refractivity contribution < 1.29 is 24.0 Å². The summed E-state index contributed by atoms with van der Waals surface area (Å²) in [5.74, 6) is -0.701. The van der Waals surface area contributed by atoms with Crippen LogP contribution in [-0.2, 0) is 9.59 Å². The number of hydrogen-bond acceptors (Lipinski definition) is 5. The van der Waals surface area contributed by atoms with E-state index in [1.165, 1.54) is 4.90 Å². The van der Waals surface area contributed by atoms with Gasteiger partial charge in [-0.05, 0) is 24.9 Å². The summed E-state index contributed by atoms with van der Waals surface area (Å²) in [4.78, 5) is 24.3. The Morgan fingerprint density at radius 2 is 2.42 bits per heavy atom. The first-order valence-electron chi connectivity index (χ1n) is 6.13. The van der Waals surface area contributed by atoms with Crippen LogP contribution in [0.25, 0.3) is 0 Å². The van der Waals surface area contributed by atoms with Crippen molar-refractivity contribution in [3.63, 3.8) is 0 Å². The molecule has 1 atom stereocenters. The minimum atomic E-state index is -0.856. The third kappa shape index (κ3) is 3.46. The summed E-state index contributed by atoms with van der Waals surface area (Å²) >= 11 is 0. The molecular formula is C12H16N2O5. The van der Waals surface area contributed by atoms with E-state index in [2.05, 4.69) is 5.16 Å². The lowest BCUT2D eigenvalue weighted by Crippen LogP contribution is -2.44. The zero-order valence-electron chi connectivity index (χ0n) is 10.7. The van der Waals surface area contributed by atoms with E-state index in [1.54, 1.807) is 13.0 Å². The van der Waals surface area contributed by atoms with E-state index in [0.29, 0.717) is 25.1 Å². The largest absolute Gasteiger partial charge is 0.481 e. The highest BCUT2D eigenvalue weighted by molar-refractivity contribution is 5.79. The van der Waals surface area contributed by atoms with Crippen LogP contribution in [0.4, 0.5) is 0 Å². The highest BCUT2D eigenvalue weighted by atomic mass is 16.5. The van der Waals surface area contributed by atoms with Crippen LogP contribution in [0.2, 0.25) is 0 Å². The van der Waals surface area contributed by atoms with Gasteiger partial charge in [0.2, 0.25) is 0 Å². The van der Waals surface area contributed by atoms with Crippen molar-refractivity contribution in [2.75, 3.05) is 19.7 Å². The highest BCUT2D eigenvalue weighted by Crippen LogP contribution is 2.17. The van der Waals surface area contributed by atoms with Crippen molar-refractivity contribution in [3.8, 4) is 5.88 Å². The maximum Gasteiger partial charge on any atom is 0.308 e. The number of hydrogen-bond donors (Lipinski definition) is 1. The van der Waals surface area contributed by atoms with Gasteiger partial charge in [-0.15, -0.1) is 0 Å². The van der Waals surface area contributed by atoms with Crippen LogP contribution in [0.3, 0.4) is 0 Å². The van der Waals surface area contributed by atoms with E-state index in [4.69, 9.17) is 14.4 Å². The number of carbonyl (C=O) groups excluding carboxylic acids is 1. The lowest BCUT2D eigenvalue weighted by atomic mass is 9.98. The van der Waals surface area contributed by atoms with Gasteiger partial charge in [0.1, 0.15) is 5.76 Å². The standard InChI is InChI=1S/C12H16N2O5/c1-8-5-10(13-19-8)18-7-11(15)14-4-2-3-9(6-14)12(16)17/h5,9H,2-4,6-7H2,1H3,(H,16,17)/t9-/m0/s1. The molecule has 1 N–H and O–H groups in total. The van der Waals surface area contributed by atoms with E-state index in [9.17, 15) is 9.59 Å². The number of carboxylic acid groups (broad SMARTS) is 1. The highest BCUT2D eigenvalue weighted by Gasteiger charge is 2.28. The van der Waals surface area contributed by atoms with Gasteiger partial charge in [-0.1, -0.05) is 0 Å². The van der Waals surface area contributed by atoms with Crippen molar-refractivity contribution in [3.05, 3.63) is 11.8 Å². The first-order valence-corrected chi connectivity index (χ1v) is 6.13. The monoisotopic (exact) mass is 268 g/mol. The maximum absolute atomic E-state index is 11.9. The molecule has 7 nitrogen and oxygen atoms in total. The number of likely N-dealkylation sites (tertiary alicyclic amines) is 1. The first-order chi connectivity index (χ1) is 9.06. The first kappa shape index (κ1) is 13.4. The van der Waals surface area contributed by atoms with Gasteiger partial charge in [-0.3, -0.25) is 9.59 Å². The zero-order chi connectivity index (χ0) is 13.8. The fraction of sp³-hybridized carbons (Fsp3) is 0.583. The normalized spacial score (nSPS) is 19.2. The quantitative estimate of drug-likeness (QED) is 0.863. The number of piperidine rings is 1. The second kappa shape index (κ2) is 5.73. The van der Waals surface area contributed by atoms with Crippen molar-refractivity contribution >= 4 is 11.9 Å². The third-order valence-electron chi connectivity index (χ3n) is 3.07. The van der Waals surface area contributed by atoms with Gasteiger partial charge in [0.15, 0.2) is 6.61 Å². The summed E-state index contributed by atoms with van der Waals surface area (Å²) < 4.78 is 10.0. The molecule has 2 rings (SSSR count). The Labute approximate surface area is 110 Å². The molecule has 1 aliphatic rings. The average Bonchev–Trinajstić information content (AvgIpc) is 2.82. The molecule has 1 saturated heterocycles. The van der Waals surface area contributed by atoms with Crippen molar-refractivity contribution in [2.24, 2.45) is 5.92 Å². The lowest BCUT2D eigenvalue weighted by molar-refractivity contribution is -0.146. The lowest BCUT2D eigenvalue weighted by Gasteiger charge is -2.30. The van der Waals surface area contributed by atoms with Crippen LogP contribution < -0.4 is 4.74 Å². The van der Waals surface area contributed by atoms with E-state index < -0.39 is 11.9 Å². The number of carbonyl (C=O) groups is 2. The average molecular weight is 268 g/mol. The second-order valence-corrected chi connectivity index (χ2v) is 4.58. The molecule has 1 amide bonds. The summed E-state index contributed by atoms with van der Waals surface area (Å²) in [7, 11) is 0. The van der Waals surface area contributed by atoms with Gasteiger partial charge >= 0.3 is 5.97 Å². The molecule has 0 radical (unpaired) electrons. The number of rotatable bonds is 4. The van der Waals surface area contributed by atoms with Crippen LogP contribution in [-0.4, -0.2) is 46.7 Å². The molecule has 1 aromatic rings. The number of amides is 1. The molecule has 104 valence electrons. The molecule has 0 unspecified atom stereocenters. The summed E-state index contributed by atoms with van der Waals surface area (Å²) in [6.45, 7) is 2.39. The van der Waals surface area contributed by atoms with Crippen LogP contribution in [0.5, 0.6) is 5.88 Å². The summed E-state index contributed by atoms with van der Waals surface area (Å²) in [6.07, 6.45) is 1.31. The van der Waals surface area contributed by atoms with Crippen LogP contribution in [0, 0.1) is 12.8 Å². The Bertz CT molecular complexity index is 470. The Balaban J connectivity index is 1.84. The summed E-state index contributed by atoms with van der Waals surface area (Å²) in [6, 6.07) is 1.59. The smallest absolute Gasteiger partial charge is 0.308 e. The van der Waals surface area contributed by atoms with Crippen LogP contribution >= 0.6 is 0 Å². The zero-order valence-corrected chi connectivity index (χ0v) is 10.7. The van der Waals surface area contributed by atoms with E-state index in [-0.39, 0.29) is 24.9 Å². The Morgan fingerprint density at radius 3 is 3.05 bits per heavy atom. The second-order valence-electron chi connectivity index (χ2n) is 4.58. The Kier molecular flexibility index (Phi) is 4.03. The van der Waals surface area contributed by atoms with Crippen molar-refractivity contribution in [2.45, 2.75) is 19.8 Å². The van der Waals surface area contributed by atoms with Gasteiger partial charge < -0.3 is 19.3 Å². The maximum atomic E-state index is 11.9. The molecule has 0 saturated carbocycles. The molecule has 1 aromatic heterocycles. The molecule has 2 heterocycles. The van der Waals surface area contributed by atoms with Gasteiger partial charge in [-0.2, -0.15) is 0 Å².